The third kappa shape index (κ3) is 6.12. The number of quaternary nitrogens is 1. The number of anilines is 1. The van der Waals surface area contributed by atoms with Gasteiger partial charge in [-0.15, -0.1) is 0 Å². The predicted molar refractivity (Wildman–Crippen MR) is 111 cm³/mol. The second-order valence-electron chi connectivity index (χ2n) is 7.42. The van der Waals surface area contributed by atoms with E-state index in [0.717, 1.165) is 10.5 Å². The molecule has 30 heavy (non-hydrogen) atoms. The quantitative estimate of drug-likeness (QED) is 0.634. The lowest BCUT2D eigenvalue weighted by Crippen LogP contribution is -3.15. The highest BCUT2D eigenvalue weighted by molar-refractivity contribution is 5.96. The summed E-state index contributed by atoms with van der Waals surface area (Å²) in [6.07, 6.45) is 0. The molecule has 0 unspecified atom stereocenters. The van der Waals surface area contributed by atoms with E-state index in [1.807, 2.05) is 13.0 Å². The Balaban J connectivity index is 1.39. The number of hydrogen-bond donors (Lipinski definition) is 3. The largest absolute Gasteiger partial charge is 0.343 e. The summed E-state index contributed by atoms with van der Waals surface area (Å²) in [4.78, 5) is 39.5. The van der Waals surface area contributed by atoms with Crippen LogP contribution in [0.25, 0.3) is 0 Å². The van der Waals surface area contributed by atoms with Crippen LogP contribution in [0.2, 0.25) is 0 Å². The number of nitrogens with zero attached hydrogens (tertiary/aromatic N) is 1. The molecule has 0 atom stereocenters. The van der Waals surface area contributed by atoms with Gasteiger partial charge in [-0.2, -0.15) is 0 Å². The third-order valence-electron chi connectivity index (χ3n) is 5.02. The summed E-state index contributed by atoms with van der Waals surface area (Å²) < 4.78 is 13.2. The van der Waals surface area contributed by atoms with E-state index in [4.69, 9.17) is 0 Å². The first-order chi connectivity index (χ1) is 14.4. The molecule has 2 aromatic carbocycles. The van der Waals surface area contributed by atoms with Crippen molar-refractivity contribution in [2.45, 2.75) is 6.92 Å². The molecule has 1 heterocycles. The van der Waals surface area contributed by atoms with Crippen LogP contribution in [0.4, 0.5) is 10.1 Å². The zero-order valence-electron chi connectivity index (χ0n) is 16.9. The van der Waals surface area contributed by atoms with Gasteiger partial charge in [-0.3, -0.25) is 14.4 Å². The van der Waals surface area contributed by atoms with E-state index in [2.05, 4.69) is 10.6 Å². The molecule has 0 saturated carbocycles. The summed E-state index contributed by atoms with van der Waals surface area (Å²) in [5, 5.41) is 5.36. The fourth-order valence-electron chi connectivity index (χ4n) is 3.40. The maximum Gasteiger partial charge on any atom is 0.279 e. The Hall–Kier alpha value is -3.26. The van der Waals surface area contributed by atoms with Crippen molar-refractivity contribution in [1.82, 2.24) is 10.2 Å². The minimum Gasteiger partial charge on any atom is -0.343 e. The standard InChI is InChI=1S/C22H25FN4O3/c1-16-4-2-5-17(12-16)22(30)24-14-21(29)27-10-8-26(9-11-27)15-20(28)25-19-7-3-6-18(23)13-19/h2-7,12-13H,8-11,14-15H2,1H3,(H,24,30)(H,25,28)/p+1. The smallest absolute Gasteiger partial charge is 0.279 e. The molecule has 0 bridgehead atoms. The summed E-state index contributed by atoms with van der Waals surface area (Å²) in [6, 6.07) is 13.0. The molecule has 158 valence electrons. The van der Waals surface area contributed by atoms with Crippen molar-refractivity contribution < 1.29 is 23.7 Å². The Bertz CT molecular complexity index is 926. The molecule has 0 radical (unpaired) electrons. The van der Waals surface area contributed by atoms with E-state index < -0.39 is 5.82 Å². The summed E-state index contributed by atoms with van der Waals surface area (Å²) in [5.41, 5.74) is 1.94. The molecule has 0 aromatic heterocycles. The summed E-state index contributed by atoms with van der Waals surface area (Å²) in [6.45, 7) is 4.40. The van der Waals surface area contributed by atoms with Crippen LogP contribution >= 0.6 is 0 Å². The number of carbonyl (C=O) groups excluding carboxylic acids is 3. The molecule has 3 N–H and O–H groups in total. The number of benzene rings is 2. The summed E-state index contributed by atoms with van der Waals surface area (Å²) in [5.74, 6) is -1.01. The number of piperazine rings is 1. The van der Waals surface area contributed by atoms with Gasteiger partial charge in [-0.05, 0) is 37.3 Å². The Labute approximate surface area is 174 Å². The first-order valence-electron chi connectivity index (χ1n) is 9.92. The van der Waals surface area contributed by atoms with E-state index in [0.29, 0.717) is 37.4 Å². The van der Waals surface area contributed by atoms with Gasteiger partial charge < -0.3 is 20.4 Å². The second kappa shape index (κ2) is 9.98. The monoisotopic (exact) mass is 413 g/mol. The second-order valence-corrected chi connectivity index (χ2v) is 7.42. The molecular weight excluding hydrogens is 387 g/mol. The number of hydrogen-bond acceptors (Lipinski definition) is 3. The van der Waals surface area contributed by atoms with Crippen LogP contribution in [-0.2, 0) is 9.59 Å². The zero-order valence-corrected chi connectivity index (χ0v) is 16.9. The molecule has 1 saturated heterocycles. The lowest BCUT2D eigenvalue weighted by Gasteiger charge is -2.32. The van der Waals surface area contributed by atoms with E-state index in [1.165, 1.54) is 12.1 Å². The van der Waals surface area contributed by atoms with Crippen LogP contribution < -0.4 is 15.5 Å². The van der Waals surface area contributed by atoms with Crippen molar-refractivity contribution in [2.24, 2.45) is 0 Å². The molecule has 1 fully saturated rings. The maximum absolute atomic E-state index is 13.2. The highest BCUT2D eigenvalue weighted by Crippen LogP contribution is 2.08. The number of nitrogens with one attached hydrogen (secondary N) is 3. The number of aryl methyl sites for hydroxylation is 1. The van der Waals surface area contributed by atoms with E-state index >= 15 is 0 Å². The van der Waals surface area contributed by atoms with Gasteiger partial charge in [0.15, 0.2) is 6.54 Å². The molecule has 2 aromatic rings. The molecule has 3 amide bonds. The van der Waals surface area contributed by atoms with Crippen molar-refractivity contribution in [1.29, 1.82) is 0 Å². The zero-order chi connectivity index (χ0) is 21.5. The number of carbonyl (C=O) groups is 3. The van der Waals surface area contributed by atoms with Crippen LogP contribution in [0.1, 0.15) is 15.9 Å². The normalized spacial score (nSPS) is 14.3. The lowest BCUT2D eigenvalue weighted by atomic mass is 10.1. The molecule has 0 spiro atoms. The highest BCUT2D eigenvalue weighted by atomic mass is 19.1. The minimum absolute atomic E-state index is 0.0534. The van der Waals surface area contributed by atoms with Crippen LogP contribution in [0.3, 0.4) is 0 Å². The Morgan fingerprint density at radius 3 is 2.50 bits per heavy atom. The van der Waals surface area contributed by atoms with Crippen molar-refractivity contribution in [3.8, 4) is 0 Å². The van der Waals surface area contributed by atoms with Gasteiger partial charge in [0.2, 0.25) is 5.91 Å². The van der Waals surface area contributed by atoms with Crippen LogP contribution in [0.5, 0.6) is 0 Å². The Kier molecular flexibility index (Phi) is 7.13. The third-order valence-corrected chi connectivity index (χ3v) is 5.02. The molecular formula is C22H26FN4O3+. The van der Waals surface area contributed by atoms with E-state index in [1.54, 1.807) is 35.2 Å². The number of rotatable bonds is 6. The van der Waals surface area contributed by atoms with Crippen molar-refractivity contribution >= 4 is 23.4 Å². The lowest BCUT2D eigenvalue weighted by molar-refractivity contribution is -0.895. The van der Waals surface area contributed by atoms with Crippen LogP contribution in [-0.4, -0.2) is 61.9 Å². The molecule has 8 heteroatoms. The van der Waals surface area contributed by atoms with Crippen LogP contribution in [0.15, 0.2) is 48.5 Å². The predicted octanol–water partition coefficient (Wildman–Crippen LogP) is 0.230. The van der Waals surface area contributed by atoms with Gasteiger partial charge in [-0.25, -0.2) is 4.39 Å². The summed E-state index contributed by atoms with van der Waals surface area (Å²) in [7, 11) is 0. The van der Waals surface area contributed by atoms with Crippen LogP contribution in [0, 0.1) is 12.7 Å². The average Bonchev–Trinajstić information content (AvgIpc) is 2.72. The topological polar surface area (TPSA) is 83.0 Å². The minimum atomic E-state index is -0.401. The average molecular weight is 413 g/mol. The Morgan fingerprint density at radius 2 is 1.80 bits per heavy atom. The van der Waals surface area contributed by atoms with E-state index in [9.17, 15) is 18.8 Å². The number of amides is 3. The molecule has 7 nitrogen and oxygen atoms in total. The van der Waals surface area contributed by atoms with Gasteiger partial charge in [0.25, 0.3) is 11.8 Å². The Morgan fingerprint density at radius 1 is 1.07 bits per heavy atom. The van der Waals surface area contributed by atoms with Gasteiger partial charge in [0.05, 0.1) is 32.7 Å². The van der Waals surface area contributed by atoms with Crippen molar-refractivity contribution in [2.75, 3.05) is 44.6 Å². The molecule has 0 aliphatic carbocycles. The van der Waals surface area contributed by atoms with E-state index in [-0.39, 0.29) is 30.8 Å². The van der Waals surface area contributed by atoms with Gasteiger partial charge in [-0.1, -0.05) is 23.8 Å². The first-order valence-corrected chi connectivity index (χ1v) is 9.92. The maximum atomic E-state index is 13.2. The first kappa shape index (κ1) is 21.4. The fourth-order valence-corrected chi connectivity index (χ4v) is 3.40. The summed E-state index contributed by atoms with van der Waals surface area (Å²) >= 11 is 0. The molecule has 1 aliphatic rings. The van der Waals surface area contributed by atoms with Gasteiger partial charge in [0.1, 0.15) is 5.82 Å². The highest BCUT2D eigenvalue weighted by Gasteiger charge is 2.25. The van der Waals surface area contributed by atoms with Gasteiger partial charge in [0, 0.05) is 11.3 Å². The molecule has 3 rings (SSSR count). The van der Waals surface area contributed by atoms with Crippen molar-refractivity contribution in [3.63, 3.8) is 0 Å². The number of halogens is 1. The SMILES string of the molecule is Cc1cccc(C(=O)NCC(=O)N2CC[NH+](CC(=O)Nc3cccc(F)c3)CC2)c1. The fraction of sp³-hybridized carbons (Fsp3) is 0.318. The van der Waals surface area contributed by atoms with Crippen molar-refractivity contribution in [3.05, 3.63) is 65.5 Å². The molecule has 1 aliphatic heterocycles. The van der Waals surface area contributed by atoms with Gasteiger partial charge >= 0.3 is 0 Å².